The molecule has 1 aromatic carbocycles. The molecular weight excluding hydrogens is 224 g/mol. The molecule has 3 rings (SSSR count). The van der Waals surface area contributed by atoms with E-state index in [0.29, 0.717) is 5.92 Å². The van der Waals surface area contributed by atoms with Crippen LogP contribution in [0.25, 0.3) is 10.9 Å². The van der Waals surface area contributed by atoms with E-state index in [9.17, 15) is 5.11 Å². The van der Waals surface area contributed by atoms with Crippen LogP contribution in [0.3, 0.4) is 0 Å². The summed E-state index contributed by atoms with van der Waals surface area (Å²) in [5.41, 5.74) is 2.00. The third-order valence-electron chi connectivity index (χ3n) is 3.80. The van der Waals surface area contributed by atoms with Gasteiger partial charge < -0.3 is 10.4 Å². The molecule has 0 saturated carbocycles. The maximum Gasteiger partial charge on any atom is 0.0819 e. The maximum atomic E-state index is 10.5. The van der Waals surface area contributed by atoms with Gasteiger partial charge in [-0.3, -0.25) is 4.98 Å². The monoisotopic (exact) mass is 242 g/mol. The number of aliphatic hydroxyl groups is 1. The van der Waals surface area contributed by atoms with Gasteiger partial charge in [-0.15, -0.1) is 0 Å². The Morgan fingerprint density at radius 2 is 2.06 bits per heavy atom. The summed E-state index contributed by atoms with van der Waals surface area (Å²) in [6.07, 6.45) is 3.54. The molecule has 1 saturated heterocycles. The van der Waals surface area contributed by atoms with Crippen LogP contribution >= 0.6 is 0 Å². The second kappa shape index (κ2) is 5.04. The number of rotatable bonds is 2. The first-order chi connectivity index (χ1) is 8.84. The summed E-state index contributed by atoms with van der Waals surface area (Å²) in [5, 5.41) is 14.9. The van der Waals surface area contributed by atoms with Crippen LogP contribution in [0.4, 0.5) is 0 Å². The molecule has 0 radical (unpaired) electrons. The van der Waals surface area contributed by atoms with Crippen molar-refractivity contribution in [2.75, 3.05) is 13.1 Å². The number of aliphatic hydroxyl groups excluding tert-OH is 1. The number of aromatic nitrogens is 1. The van der Waals surface area contributed by atoms with Crippen molar-refractivity contribution >= 4 is 10.9 Å². The molecule has 0 aliphatic carbocycles. The number of nitrogens with one attached hydrogen (secondary N) is 1. The number of pyridine rings is 1. The summed E-state index contributed by atoms with van der Waals surface area (Å²) < 4.78 is 0. The number of fused-ring (bicyclic) bond motifs is 1. The first-order valence-corrected chi connectivity index (χ1v) is 6.58. The van der Waals surface area contributed by atoms with Crippen molar-refractivity contribution in [3.05, 3.63) is 42.1 Å². The normalized spacial score (nSPS) is 18.9. The lowest BCUT2D eigenvalue weighted by molar-refractivity contribution is 0.0890. The first kappa shape index (κ1) is 11.6. The van der Waals surface area contributed by atoms with Crippen LogP contribution in [0.5, 0.6) is 0 Å². The molecule has 0 spiro atoms. The Hall–Kier alpha value is -1.45. The molecule has 0 amide bonds. The topological polar surface area (TPSA) is 45.2 Å². The minimum atomic E-state index is -0.350. The highest BCUT2D eigenvalue weighted by atomic mass is 16.3. The molecule has 3 heteroatoms. The van der Waals surface area contributed by atoms with Crippen LogP contribution in [-0.4, -0.2) is 23.2 Å². The Morgan fingerprint density at radius 1 is 1.22 bits per heavy atom. The average molecular weight is 242 g/mol. The zero-order valence-electron chi connectivity index (χ0n) is 10.3. The summed E-state index contributed by atoms with van der Waals surface area (Å²) >= 11 is 0. The van der Waals surface area contributed by atoms with Gasteiger partial charge in [0, 0.05) is 11.6 Å². The average Bonchev–Trinajstić information content (AvgIpc) is 2.47. The van der Waals surface area contributed by atoms with Gasteiger partial charge in [0.05, 0.1) is 11.6 Å². The fourth-order valence-electron chi connectivity index (χ4n) is 2.71. The summed E-state index contributed by atoms with van der Waals surface area (Å²) in [4.78, 5) is 4.30. The molecule has 2 N–H and O–H groups in total. The van der Waals surface area contributed by atoms with E-state index in [1.807, 2.05) is 24.3 Å². The van der Waals surface area contributed by atoms with Crippen molar-refractivity contribution in [2.45, 2.75) is 18.9 Å². The fraction of sp³-hybridized carbons (Fsp3) is 0.400. The molecule has 2 heterocycles. The Morgan fingerprint density at radius 3 is 2.89 bits per heavy atom. The molecule has 94 valence electrons. The number of nitrogens with zero attached hydrogens (tertiary/aromatic N) is 1. The highest BCUT2D eigenvalue weighted by Gasteiger charge is 2.22. The molecule has 3 nitrogen and oxygen atoms in total. The second-order valence-electron chi connectivity index (χ2n) is 4.99. The second-order valence-corrected chi connectivity index (χ2v) is 4.99. The highest BCUT2D eigenvalue weighted by Crippen LogP contribution is 2.30. The molecule has 2 aromatic rings. The van der Waals surface area contributed by atoms with Crippen molar-refractivity contribution in [3.8, 4) is 0 Å². The molecule has 1 unspecified atom stereocenters. The zero-order chi connectivity index (χ0) is 12.4. The number of hydrogen-bond donors (Lipinski definition) is 2. The van der Waals surface area contributed by atoms with Gasteiger partial charge in [-0.25, -0.2) is 0 Å². The Balaban J connectivity index is 1.88. The predicted molar refractivity (Wildman–Crippen MR) is 72.3 cm³/mol. The van der Waals surface area contributed by atoms with Crippen LogP contribution < -0.4 is 5.32 Å². The van der Waals surface area contributed by atoms with Crippen molar-refractivity contribution in [3.63, 3.8) is 0 Å². The standard InChI is InChI=1S/C15H18N2O/c18-15(11-5-8-16-9-6-11)13-3-4-14-12(10-13)2-1-7-17-14/h1-4,7,10-11,15-16,18H,5-6,8-9H2. The van der Waals surface area contributed by atoms with Gasteiger partial charge in [0.2, 0.25) is 0 Å². The van der Waals surface area contributed by atoms with Gasteiger partial charge in [-0.2, -0.15) is 0 Å². The predicted octanol–water partition coefficient (Wildman–Crippen LogP) is 2.27. The molecule has 1 aliphatic rings. The highest BCUT2D eigenvalue weighted by molar-refractivity contribution is 5.79. The van der Waals surface area contributed by atoms with E-state index in [-0.39, 0.29) is 6.10 Å². The van der Waals surface area contributed by atoms with E-state index in [0.717, 1.165) is 42.4 Å². The van der Waals surface area contributed by atoms with Crippen molar-refractivity contribution in [1.82, 2.24) is 10.3 Å². The lowest BCUT2D eigenvalue weighted by atomic mass is 9.88. The summed E-state index contributed by atoms with van der Waals surface area (Å²) in [6.45, 7) is 2.02. The van der Waals surface area contributed by atoms with Gasteiger partial charge >= 0.3 is 0 Å². The minimum absolute atomic E-state index is 0.350. The van der Waals surface area contributed by atoms with E-state index in [2.05, 4.69) is 16.4 Å². The van der Waals surface area contributed by atoms with E-state index in [1.165, 1.54) is 0 Å². The smallest absolute Gasteiger partial charge is 0.0819 e. The third-order valence-corrected chi connectivity index (χ3v) is 3.80. The minimum Gasteiger partial charge on any atom is -0.388 e. The Bertz CT molecular complexity index is 535. The van der Waals surface area contributed by atoms with Gasteiger partial charge in [-0.05, 0) is 55.6 Å². The number of benzene rings is 1. The van der Waals surface area contributed by atoms with E-state index in [4.69, 9.17) is 0 Å². The fourth-order valence-corrected chi connectivity index (χ4v) is 2.71. The van der Waals surface area contributed by atoms with Crippen LogP contribution in [0.1, 0.15) is 24.5 Å². The van der Waals surface area contributed by atoms with Crippen LogP contribution in [0.2, 0.25) is 0 Å². The third kappa shape index (κ3) is 2.24. The lowest BCUT2D eigenvalue weighted by Gasteiger charge is -2.27. The van der Waals surface area contributed by atoms with Crippen LogP contribution in [0, 0.1) is 5.92 Å². The molecule has 1 aliphatic heterocycles. The van der Waals surface area contributed by atoms with Crippen molar-refractivity contribution in [2.24, 2.45) is 5.92 Å². The molecule has 18 heavy (non-hydrogen) atoms. The van der Waals surface area contributed by atoms with Crippen molar-refractivity contribution < 1.29 is 5.11 Å². The van der Waals surface area contributed by atoms with Crippen LogP contribution in [0.15, 0.2) is 36.5 Å². The zero-order valence-corrected chi connectivity index (χ0v) is 10.3. The van der Waals surface area contributed by atoms with E-state index < -0.39 is 0 Å². The molecule has 1 aromatic heterocycles. The number of piperidine rings is 1. The van der Waals surface area contributed by atoms with Gasteiger partial charge in [-0.1, -0.05) is 12.1 Å². The molecule has 1 atom stereocenters. The molecular formula is C15H18N2O. The van der Waals surface area contributed by atoms with Gasteiger partial charge in [0.15, 0.2) is 0 Å². The van der Waals surface area contributed by atoms with E-state index in [1.54, 1.807) is 6.20 Å². The molecule has 0 bridgehead atoms. The van der Waals surface area contributed by atoms with Crippen LogP contribution in [-0.2, 0) is 0 Å². The van der Waals surface area contributed by atoms with Gasteiger partial charge in [0.25, 0.3) is 0 Å². The Kier molecular flexibility index (Phi) is 3.26. The van der Waals surface area contributed by atoms with Crippen molar-refractivity contribution in [1.29, 1.82) is 0 Å². The summed E-state index contributed by atoms with van der Waals surface area (Å²) in [7, 11) is 0. The first-order valence-electron chi connectivity index (χ1n) is 6.58. The largest absolute Gasteiger partial charge is 0.388 e. The summed E-state index contributed by atoms with van der Waals surface area (Å²) in [6, 6.07) is 10.0. The summed E-state index contributed by atoms with van der Waals surface area (Å²) in [5.74, 6) is 0.375. The van der Waals surface area contributed by atoms with E-state index >= 15 is 0 Å². The van der Waals surface area contributed by atoms with Gasteiger partial charge in [0.1, 0.15) is 0 Å². The Labute approximate surface area is 107 Å². The number of hydrogen-bond acceptors (Lipinski definition) is 3. The molecule has 1 fully saturated rings. The SMILES string of the molecule is OC(c1ccc2ncccc2c1)C1CCNCC1. The lowest BCUT2D eigenvalue weighted by Crippen LogP contribution is -2.30. The maximum absolute atomic E-state index is 10.5. The quantitative estimate of drug-likeness (QED) is 0.849.